The minimum Gasteiger partial charge on any atom is -0.355 e. The zero-order valence-corrected chi connectivity index (χ0v) is 11.4. The second-order valence-electron chi connectivity index (χ2n) is 6.07. The van der Waals surface area contributed by atoms with E-state index in [1.807, 2.05) is 6.20 Å². The predicted octanol–water partition coefficient (Wildman–Crippen LogP) is 3.85. The summed E-state index contributed by atoms with van der Waals surface area (Å²) in [7, 11) is 0. The Morgan fingerprint density at radius 1 is 1.17 bits per heavy atom. The van der Waals surface area contributed by atoms with E-state index in [0.29, 0.717) is 0 Å². The molecule has 0 bridgehead atoms. The fraction of sp³-hybridized carbons (Fsp3) is 0.800. The molecular formula is C15H25N3. The molecule has 1 aromatic heterocycles. The van der Waals surface area contributed by atoms with Gasteiger partial charge in [0.05, 0.1) is 0 Å². The molecule has 3 nitrogen and oxygen atoms in total. The van der Waals surface area contributed by atoms with Crippen LogP contribution >= 0.6 is 0 Å². The first-order chi connectivity index (χ1) is 8.86. The van der Waals surface area contributed by atoms with Gasteiger partial charge in [-0.25, -0.2) is 4.98 Å². The fourth-order valence-electron chi connectivity index (χ4n) is 3.18. The lowest BCUT2D eigenvalue weighted by atomic mass is 9.81. The monoisotopic (exact) mass is 247 g/mol. The second kappa shape index (κ2) is 5.33. The van der Waals surface area contributed by atoms with Crippen molar-refractivity contribution >= 4 is 5.95 Å². The number of anilines is 1. The quantitative estimate of drug-likeness (QED) is 0.856. The molecule has 100 valence electrons. The molecule has 2 aliphatic carbocycles. The Kier molecular flexibility index (Phi) is 3.57. The predicted molar refractivity (Wildman–Crippen MR) is 74.7 cm³/mol. The third kappa shape index (κ3) is 2.70. The molecule has 0 atom stereocenters. The van der Waals surface area contributed by atoms with Gasteiger partial charge in [0, 0.05) is 25.0 Å². The normalized spacial score (nSPS) is 28.3. The van der Waals surface area contributed by atoms with Crippen LogP contribution in [0.2, 0.25) is 0 Å². The molecule has 1 aromatic rings. The number of imidazole rings is 1. The van der Waals surface area contributed by atoms with E-state index in [0.717, 1.165) is 30.4 Å². The van der Waals surface area contributed by atoms with Gasteiger partial charge in [0.25, 0.3) is 0 Å². The number of aromatic nitrogens is 2. The highest BCUT2D eigenvalue weighted by Crippen LogP contribution is 2.37. The number of nitrogens with zero attached hydrogens (tertiary/aromatic N) is 2. The maximum atomic E-state index is 4.44. The summed E-state index contributed by atoms with van der Waals surface area (Å²) in [4.78, 5) is 4.44. The summed E-state index contributed by atoms with van der Waals surface area (Å²) in [5, 5.41) is 3.57. The van der Waals surface area contributed by atoms with Crippen LogP contribution in [-0.4, -0.2) is 16.1 Å². The summed E-state index contributed by atoms with van der Waals surface area (Å²) in [5.41, 5.74) is 0. The summed E-state index contributed by atoms with van der Waals surface area (Å²) < 4.78 is 2.32. The van der Waals surface area contributed by atoms with Gasteiger partial charge in [-0.15, -0.1) is 0 Å². The molecule has 0 aliphatic heterocycles. The van der Waals surface area contributed by atoms with Crippen molar-refractivity contribution in [2.75, 3.05) is 11.9 Å². The van der Waals surface area contributed by atoms with Crippen LogP contribution < -0.4 is 5.32 Å². The first-order valence-corrected chi connectivity index (χ1v) is 7.63. The molecule has 2 fully saturated rings. The summed E-state index contributed by atoms with van der Waals surface area (Å²) in [6.45, 7) is 3.44. The van der Waals surface area contributed by atoms with Gasteiger partial charge < -0.3 is 9.88 Å². The number of hydrogen-bond acceptors (Lipinski definition) is 2. The topological polar surface area (TPSA) is 29.9 Å². The van der Waals surface area contributed by atoms with Crippen molar-refractivity contribution in [3.05, 3.63) is 12.4 Å². The van der Waals surface area contributed by atoms with Gasteiger partial charge in [-0.1, -0.05) is 26.2 Å². The lowest BCUT2D eigenvalue weighted by molar-refractivity contribution is 0.278. The minimum atomic E-state index is 0.728. The lowest BCUT2D eigenvalue weighted by Gasteiger charge is -2.28. The zero-order chi connectivity index (χ0) is 12.4. The highest BCUT2D eigenvalue weighted by Gasteiger charge is 2.26. The molecule has 0 saturated heterocycles. The molecule has 2 saturated carbocycles. The van der Waals surface area contributed by atoms with Gasteiger partial charge in [-0.05, 0) is 37.5 Å². The molecule has 0 amide bonds. The van der Waals surface area contributed by atoms with Crippen LogP contribution in [0.25, 0.3) is 0 Å². The van der Waals surface area contributed by atoms with Crippen LogP contribution in [0.3, 0.4) is 0 Å². The number of hydrogen-bond donors (Lipinski definition) is 1. The van der Waals surface area contributed by atoms with Crippen molar-refractivity contribution in [1.82, 2.24) is 9.55 Å². The molecular weight excluding hydrogens is 222 g/mol. The van der Waals surface area contributed by atoms with E-state index in [-0.39, 0.29) is 0 Å². The van der Waals surface area contributed by atoms with Gasteiger partial charge in [-0.2, -0.15) is 0 Å². The maximum Gasteiger partial charge on any atom is 0.203 e. The van der Waals surface area contributed by atoms with E-state index in [9.17, 15) is 0 Å². The first-order valence-electron chi connectivity index (χ1n) is 7.63. The standard InChI is InChI=1S/C15H25N3/c1-2-12-3-5-13(6-4-12)11-17-15-16-9-10-18(15)14-7-8-14/h9-10,12-14H,2-8,11H2,1H3,(H,16,17). The molecule has 0 spiro atoms. The average molecular weight is 247 g/mol. The number of nitrogens with one attached hydrogen (secondary N) is 1. The summed E-state index contributed by atoms with van der Waals surface area (Å²) in [5.74, 6) is 2.95. The molecule has 1 N–H and O–H groups in total. The van der Waals surface area contributed by atoms with Crippen molar-refractivity contribution in [2.45, 2.75) is 57.9 Å². The summed E-state index contributed by atoms with van der Waals surface area (Å²) >= 11 is 0. The Hall–Kier alpha value is -0.990. The van der Waals surface area contributed by atoms with Gasteiger partial charge in [0.15, 0.2) is 0 Å². The second-order valence-corrected chi connectivity index (χ2v) is 6.07. The highest BCUT2D eigenvalue weighted by atomic mass is 15.2. The largest absolute Gasteiger partial charge is 0.355 e. The molecule has 1 heterocycles. The third-order valence-electron chi connectivity index (χ3n) is 4.70. The van der Waals surface area contributed by atoms with Gasteiger partial charge in [0.1, 0.15) is 0 Å². The zero-order valence-electron chi connectivity index (χ0n) is 11.4. The first kappa shape index (κ1) is 12.1. The van der Waals surface area contributed by atoms with E-state index in [1.165, 1.54) is 44.9 Å². The van der Waals surface area contributed by atoms with Crippen molar-refractivity contribution in [3.8, 4) is 0 Å². The fourth-order valence-corrected chi connectivity index (χ4v) is 3.18. The van der Waals surface area contributed by atoms with E-state index in [4.69, 9.17) is 0 Å². The van der Waals surface area contributed by atoms with E-state index in [2.05, 4.69) is 28.0 Å². The van der Waals surface area contributed by atoms with Gasteiger partial charge >= 0.3 is 0 Å². The Balaban J connectivity index is 1.48. The van der Waals surface area contributed by atoms with E-state index in [1.54, 1.807) is 0 Å². The number of rotatable bonds is 5. The van der Waals surface area contributed by atoms with Crippen molar-refractivity contribution in [1.29, 1.82) is 0 Å². The SMILES string of the molecule is CCC1CCC(CNc2nccn2C2CC2)CC1. The smallest absolute Gasteiger partial charge is 0.203 e. The van der Waals surface area contributed by atoms with Crippen LogP contribution in [0.15, 0.2) is 12.4 Å². The van der Waals surface area contributed by atoms with Gasteiger partial charge in [-0.3, -0.25) is 0 Å². The summed E-state index contributed by atoms with van der Waals surface area (Å²) in [6, 6.07) is 0.728. The van der Waals surface area contributed by atoms with Crippen LogP contribution in [0.5, 0.6) is 0 Å². The molecule has 3 rings (SSSR count). The van der Waals surface area contributed by atoms with Crippen LogP contribution in [-0.2, 0) is 0 Å². The van der Waals surface area contributed by atoms with E-state index >= 15 is 0 Å². The van der Waals surface area contributed by atoms with Crippen LogP contribution in [0, 0.1) is 11.8 Å². The maximum absolute atomic E-state index is 4.44. The van der Waals surface area contributed by atoms with Gasteiger partial charge in [0.2, 0.25) is 5.95 Å². The summed E-state index contributed by atoms with van der Waals surface area (Å²) in [6.07, 6.45) is 13.7. The van der Waals surface area contributed by atoms with Crippen molar-refractivity contribution in [3.63, 3.8) is 0 Å². The van der Waals surface area contributed by atoms with Crippen molar-refractivity contribution < 1.29 is 0 Å². The molecule has 0 radical (unpaired) electrons. The molecule has 0 aromatic carbocycles. The third-order valence-corrected chi connectivity index (χ3v) is 4.70. The molecule has 18 heavy (non-hydrogen) atoms. The van der Waals surface area contributed by atoms with Crippen LogP contribution in [0.4, 0.5) is 5.95 Å². The van der Waals surface area contributed by atoms with E-state index < -0.39 is 0 Å². The minimum absolute atomic E-state index is 0.728. The molecule has 2 aliphatic rings. The highest BCUT2D eigenvalue weighted by molar-refractivity contribution is 5.27. The van der Waals surface area contributed by atoms with Crippen molar-refractivity contribution in [2.24, 2.45) is 11.8 Å². The Morgan fingerprint density at radius 2 is 1.89 bits per heavy atom. The molecule has 0 unspecified atom stereocenters. The lowest BCUT2D eigenvalue weighted by Crippen LogP contribution is -2.22. The van der Waals surface area contributed by atoms with Crippen LogP contribution in [0.1, 0.15) is 57.9 Å². The average Bonchev–Trinajstić information content (AvgIpc) is 3.16. The molecule has 3 heteroatoms. The Labute approximate surface area is 110 Å². The Morgan fingerprint density at radius 3 is 2.56 bits per heavy atom. The Bertz CT molecular complexity index is 373.